The third-order valence-corrected chi connectivity index (χ3v) is 5.30. The normalized spacial score (nSPS) is 24.3. The topological polar surface area (TPSA) is 60.4 Å². The van der Waals surface area contributed by atoms with Crippen LogP contribution in [0.25, 0.3) is 0 Å². The van der Waals surface area contributed by atoms with Crippen molar-refractivity contribution in [2.75, 3.05) is 0 Å². The summed E-state index contributed by atoms with van der Waals surface area (Å²) in [6.07, 6.45) is 12.9. The van der Waals surface area contributed by atoms with Crippen molar-refractivity contribution < 1.29 is 19.1 Å². The molecule has 0 bridgehead atoms. The van der Waals surface area contributed by atoms with E-state index in [1.54, 1.807) is 0 Å². The zero-order valence-corrected chi connectivity index (χ0v) is 16.9. The number of hydrogen-bond acceptors (Lipinski definition) is 4. The number of hydrogen-bond donors (Lipinski definition) is 0. The Hall–Kier alpha value is -1.45. The van der Waals surface area contributed by atoms with E-state index in [-0.39, 0.29) is 17.5 Å². The highest BCUT2D eigenvalue weighted by molar-refractivity contribution is 5.84. The van der Waals surface area contributed by atoms with Crippen LogP contribution < -0.4 is 0 Å². The summed E-state index contributed by atoms with van der Waals surface area (Å²) in [5.74, 6) is 0.496. The fourth-order valence-corrected chi connectivity index (χ4v) is 3.42. The molecule has 0 aliphatic heterocycles. The molecule has 0 saturated carbocycles. The quantitative estimate of drug-likeness (QED) is 0.282. The second-order valence-corrected chi connectivity index (χ2v) is 7.74. The number of allylic oxidation sites excluding steroid dienone is 1. The van der Waals surface area contributed by atoms with E-state index in [1.807, 2.05) is 26.0 Å². The van der Waals surface area contributed by atoms with Crippen LogP contribution in [-0.4, -0.2) is 23.6 Å². The smallest absolute Gasteiger partial charge is 0.306 e. The summed E-state index contributed by atoms with van der Waals surface area (Å²) in [5, 5.41) is 0. The third-order valence-electron chi connectivity index (χ3n) is 5.30. The van der Waals surface area contributed by atoms with E-state index in [0.717, 1.165) is 44.9 Å². The van der Waals surface area contributed by atoms with Gasteiger partial charge in [0, 0.05) is 31.1 Å². The van der Waals surface area contributed by atoms with Crippen molar-refractivity contribution in [2.24, 2.45) is 5.41 Å². The number of ketones is 2. The van der Waals surface area contributed by atoms with Crippen LogP contribution in [0.15, 0.2) is 12.2 Å². The molecule has 0 spiro atoms. The average molecular weight is 365 g/mol. The van der Waals surface area contributed by atoms with Gasteiger partial charge in [-0.2, -0.15) is 0 Å². The molecule has 0 aromatic carbocycles. The molecule has 0 aromatic heterocycles. The lowest BCUT2D eigenvalue weighted by Gasteiger charge is -2.29. The second-order valence-electron chi connectivity index (χ2n) is 7.74. The maximum Gasteiger partial charge on any atom is 0.306 e. The van der Waals surface area contributed by atoms with Gasteiger partial charge in [-0.1, -0.05) is 33.3 Å². The summed E-state index contributed by atoms with van der Waals surface area (Å²) in [5.41, 5.74) is -0.311. The summed E-state index contributed by atoms with van der Waals surface area (Å²) in [4.78, 5) is 35.6. The van der Waals surface area contributed by atoms with Crippen molar-refractivity contribution in [3.05, 3.63) is 12.2 Å². The Morgan fingerprint density at radius 3 is 2.50 bits per heavy atom. The van der Waals surface area contributed by atoms with Crippen LogP contribution in [0.3, 0.4) is 0 Å². The second kappa shape index (κ2) is 12.0. The zero-order chi connectivity index (χ0) is 19.4. The maximum absolute atomic E-state index is 12.7. The lowest BCUT2D eigenvalue weighted by atomic mass is 9.75. The van der Waals surface area contributed by atoms with Gasteiger partial charge in [-0.25, -0.2) is 0 Å². The number of esters is 1. The Labute approximate surface area is 158 Å². The molecule has 1 aliphatic rings. The SMILES string of the molecule is CCCC(=O)OC1/C=C/CC(C)(C(=O)CCCCCC(=O)CC)CCC1. The molecule has 4 nitrogen and oxygen atoms in total. The van der Waals surface area contributed by atoms with Crippen molar-refractivity contribution in [1.82, 2.24) is 0 Å². The molecule has 0 radical (unpaired) electrons. The number of unbranched alkanes of at least 4 members (excludes halogenated alkanes) is 2. The predicted octanol–water partition coefficient (Wildman–Crippen LogP) is 5.33. The minimum Gasteiger partial charge on any atom is -0.458 e. The standard InChI is InChI=1S/C22H36O4/c1-4-11-21(25)26-19-13-9-16-22(3,17-10-14-19)20(24)15-8-6-7-12-18(23)5-2/h9,13,19H,4-8,10-12,14-17H2,1-3H3/b13-9+. The molecule has 2 atom stereocenters. The van der Waals surface area contributed by atoms with E-state index in [9.17, 15) is 14.4 Å². The molecule has 26 heavy (non-hydrogen) atoms. The van der Waals surface area contributed by atoms with E-state index in [2.05, 4.69) is 6.92 Å². The minimum atomic E-state index is -0.311. The Kier molecular flexibility index (Phi) is 10.5. The minimum absolute atomic E-state index is 0.136. The van der Waals surface area contributed by atoms with Gasteiger partial charge in [-0.15, -0.1) is 0 Å². The van der Waals surface area contributed by atoms with Gasteiger partial charge in [0.05, 0.1) is 0 Å². The first-order chi connectivity index (χ1) is 12.4. The summed E-state index contributed by atoms with van der Waals surface area (Å²) in [7, 11) is 0. The van der Waals surface area contributed by atoms with Crippen LogP contribution in [0.4, 0.5) is 0 Å². The Morgan fingerprint density at radius 1 is 1.08 bits per heavy atom. The highest BCUT2D eigenvalue weighted by atomic mass is 16.5. The van der Waals surface area contributed by atoms with Crippen LogP contribution >= 0.6 is 0 Å². The highest BCUT2D eigenvalue weighted by Gasteiger charge is 2.32. The molecule has 0 aromatic rings. The molecule has 1 aliphatic carbocycles. The molecular weight excluding hydrogens is 328 g/mol. The van der Waals surface area contributed by atoms with Crippen LogP contribution in [0.5, 0.6) is 0 Å². The van der Waals surface area contributed by atoms with Crippen LogP contribution in [0, 0.1) is 5.41 Å². The van der Waals surface area contributed by atoms with Crippen LogP contribution in [0.1, 0.15) is 97.8 Å². The van der Waals surface area contributed by atoms with Crippen molar-refractivity contribution in [2.45, 2.75) is 104 Å². The summed E-state index contributed by atoms with van der Waals surface area (Å²) >= 11 is 0. The van der Waals surface area contributed by atoms with Gasteiger partial charge in [0.1, 0.15) is 17.7 Å². The Morgan fingerprint density at radius 2 is 1.81 bits per heavy atom. The lowest BCUT2D eigenvalue weighted by molar-refractivity contribution is -0.147. The monoisotopic (exact) mass is 364 g/mol. The summed E-state index contributed by atoms with van der Waals surface area (Å²) in [6.45, 7) is 5.92. The van der Waals surface area contributed by atoms with E-state index in [1.165, 1.54) is 0 Å². The van der Waals surface area contributed by atoms with Gasteiger partial charge in [-0.05, 0) is 51.0 Å². The Bertz CT molecular complexity index is 494. The number of ether oxygens (including phenoxy) is 1. The third kappa shape index (κ3) is 8.29. The molecule has 0 heterocycles. The average Bonchev–Trinajstić information content (AvgIpc) is 2.59. The lowest BCUT2D eigenvalue weighted by Crippen LogP contribution is -2.29. The first-order valence-corrected chi connectivity index (χ1v) is 10.3. The number of carbonyl (C=O) groups excluding carboxylic acids is 3. The van der Waals surface area contributed by atoms with Crippen molar-refractivity contribution >= 4 is 17.5 Å². The molecule has 0 N–H and O–H groups in total. The largest absolute Gasteiger partial charge is 0.458 e. The molecule has 0 saturated heterocycles. The first-order valence-electron chi connectivity index (χ1n) is 10.3. The predicted molar refractivity (Wildman–Crippen MR) is 104 cm³/mol. The van der Waals surface area contributed by atoms with E-state index in [4.69, 9.17) is 4.74 Å². The van der Waals surface area contributed by atoms with Gasteiger partial charge in [0.15, 0.2) is 0 Å². The highest BCUT2D eigenvalue weighted by Crippen LogP contribution is 2.34. The van der Waals surface area contributed by atoms with Gasteiger partial charge in [0.2, 0.25) is 0 Å². The molecular formula is C22H36O4. The molecule has 148 valence electrons. The first kappa shape index (κ1) is 22.6. The maximum atomic E-state index is 12.7. The zero-order valence-electron chi connectivity index (χ0n) is 16.9. The molecule has 0 amide bonds. The van der Waals surface area contributed by atoms with Gasteiger partial charge in [-0.3, -0.25) is 14.4 Å². The van der Waals surface area contributed by atoms with Gasteiger partial charge < -0.3 is 4.74 Å². The van der Waals surface area contributed by atoms with Crippen LogP contribution in [0.2, 0.25) is 0 Å². The van der Waals surface area contributed by atoms with Crippen molar-refractivity contribution in [1.29, 1.82) is 0 Å². The Balaban J connectivity index is 2.41. The molecule has 1 rings (SSSR count). The molecule has 4 heteroatoms. The van der Waals surface area contributed by atoms with Crippen molar-refractivity contribution in [3.63, 3.8) is 0 Å². The van der Waals surface area contributed by atoms with E-state index < -0.39 is 0 Å². The van der Waals surface area contributed by atoms with Gasteiger partial charge >= 0.3 is 5.97 Å². The number of carbonyl (C=O) groups is 3. The summed E-state index contributed by atoms with van der Waals surface area (Å²) < 4.78 is 5.48. The van der Waals surface area contributed by atoms with Gasteiger partial charge in [0.25, 0.3) is 0 Å². The fourth-order valence-electron chi connectivity index (χ4n) is 3.42. The number of Topliss-reactive ketones (excluding diaryl/α,β-unsaturated/α-hetero) is 2. The van der Waals surface area contributed by atoms with Crippen molar-refractivity contribution in [3.8, 4) is 0 Å². The van der Waals surface area contributed by atoms with Crippen LogP contribution in [-0.2, 0) is 19.1 Å². The van der Waals surface area contributed by atoms with E-state index in [0.29, 0.717) is 43.7 Å². The molecule has 2 unspecified atom stereocenters. The molecule has 0 fully saturated rings. The van der Waals surface area contributed by atoms with E-state index >= 15 is 0 Å². The summed E-state index contributed by atoms with van der Waals surface area (Å²) in [6, 6.07) is 0. The fraction of sp³-hybridized carbons (Fsp3) is 0.773. The number of rotatable bonds is 11.